The third kappa shape index (κ3) is 4.89. The van der Waals surface area contributed by atoms with Crippen molar-refractivity contribution >= 4 is 62.5 Å². The second kappa shape index (κ2) is 8.86. The molecule has 3 rings (SSSR count). The average Bonchev–Trinajstić information content (AvgIpc) is 3.10. The quantitative estimate of drug-likeness (QED) is 0.481. The largest absolute Gasteiger partial charge is 0.308 e. The van der Waals surface area contributed by atoms with Crippen molar-refractivity contribution in [3.05, 3.63) is 60.9 Å². The molecule has 0 aliphatic rings. The lowest BCUT2D eigenvalue weighted by molar-refractivity contribution is -0.116. The maximum atomic E-state index is 12.3. The lowest BCUT2D eigenvalue weighted by Crippen LogP contribution is -2.16. The molecular formula is C18H17BrCl3N5O. The maximum Gasteiger partial charge on any atom is 0.227 e. The smallest absolute Gasteiger partial charge is 0.227 e. The maximum absolute atomic E-state index is 12.3. The molecule has 0 spiro atoms. The van der Waals surface area contributed by atoms with E-state index in [0.29, 0.717) is 34.0 Å². The Morgan fingerprint density at radius 3 is 2.54 bits per heavy atom. The topological polar surface area (TPSA) is 64.7 Å². The lowest BCUT2D eigenvalue weighted by Gasteiger charge is -2.06. The Morgan fingerprint density at radius 1 is 1.14 bits per heavy atom. The number of hydrogen-bond donors (Lipinski definition) is 1. The average molecular weight is 506 g/mol. The number of nitrogens with zero attached hydrogens (tertiary/aromatic N) is 4. The van der Waals surface area contributed by atoms with Crippen molar-refractivity contribution in [3.63, 3.8) is 0 Å². The molecule has 10 heteroatoms. The Kier molecular flexibility index (Phi) is 6.70. The molecule has 3 aromatic rings. The summed E-state index contributed by atoms with van der Waals surface area (Å²) in [6.45, 7) is 4.77. The molecule has 1 aromatic carbocycles. The van der Waals surface area contributed by atoms with Gasteiger partial charge in [0, 0.05) is 18.3 Å². The molecule has 1 amide bonds. The van der Waals surface area contributed by atoms with E-state index < -0.39 is 0 Å². The Bertz CT molecular complexity index is 1030. The van der Waals surface area contributed by atoms with Gasteiger partial charge in [-0.05, 0) is 47.5 Å². The standard InChI is InChI=1S/C18H17BrCl3N5O/c1-10-17(19)11(2)27(24-10)6-5-16(28)23-18-15(22)9-26(25-18)8-12-3-4-13(20)14(21)7-12/h3-4,7,9H,5-6,8H2,1-2H3,(H,23,25,28). The summed E-state index contributed by atoms with van der Waals surface area (Å²) in [5.41, 5.74) is 2.79. The minimum absolute atomic E-state index is 0.189. The molecule has 0 saturated carbocycles. The number of aryl methyl sites for hydroxylation is 2. The molecular weight excluding hydrogens is 488 g/mol. The second-order valence-electron chi connectivity index (χ2n) is 6.28. The number of aromatic nitrogens is 4. The van der Waals surface area contributed by atoms with Crippen LogP contribution in [0.5, 0.6) is 0 Å². The molecule has 0 aliphatic carbocycles. The van der Waals surface area contributed by atoms with Crippen LogP contribution in [0.25, 0.3) is 0 Å². The minimum Gasteiger partial charge on any atom is -0.308 e. The van der Waals surface area contributed by atoms with Crippen LogP contribution in [0.1, 0.15) is 23.4 Å². The van der Waals surface area contributed by atoms with Crippen molar-refractivity contribution in [1.29, 1.82) is 0 Å². The molecule has 148 valence electrons. The molecule has 0 atom stereocenters. The van der Waals surface area contributed by atoms with E-state index in [4.69, 9.17) is 34.8 Å². The molecule has 6 nitrogen and oxygen atoms in total. The van der Waals surface area contributed by atoms with Crippen molar-refractivity contribution in [2.45, 2.75) is 33.4 Å². The predicted molar refractivity (Wildman–Crippen MR) is 115 cm³/mol. The first-order valence-electron chi connectivity index (χ1n) is 8.41. The van der Waals surface area contributed by atoms with Gasteiger partial charge in [-0.3, -0.25) is 14.2 Å². The van der Waals surface area contributed by atoms with Gasteiger partial charge in [0.05, 0.1) is 33.3 Å². The zero-order valence-corrected chi connectivity index (χ0v) is 19.0. The Morgan fingerprint density at radius 2 is 1.89 bits per heavy atom. The van der Waals surface area contributed by atoms with E-state index >= 15 is 0 Å². The zero-order chi connectivity index (χ0) is 20.4. The van der Waals surface area contributed by atoms with Crippen LogP contribution in [0.2, 0.25) is 15.1 Å². The third-order valence-electron chi connectivity index (χ3n) is 4.15. The van der Waals surface area contributed by atoms with Gasteiger partial charge in [0.1, 0.15) is 5.02 Å². The molecule has 1 N–H and O–H groups in total. The van der Waals surface area contributed by atoms with Gasteiger partial charge in [-0.15, -0.1) is 0 Å². The van der Waals surface area contributed by atoms with E-state index in [1.165, 1.54) is 0 Å². The summed E-state index contributed by atoms with van der Waals surface area (Å²) in [4.78, 5) is 12.3. The summed E-state index contributed by atoms with van der Waals surface area (Å²) in [6.07, 6.45) is 1.90. The fraction of sp³-hybridized carbons (Fsp3) is 0.278. The third-order valence-corrected chi connectivity index (χ3v) is 6.31. The number of rotatable bonds is 6. The number of carbonyl (C=O) groups is 1. The Balaban J connectivity index is 1.61. The molecule has 2 aromatic heterocycles. The van der Waals surface area contributed by atoms with Gasteiger partial charge >= 0.3 is 0 Å². The van der Waals surface area contributed by atoms with Gasteiger partial charge in [-0.1, -0.05) is 40.9 Å². The molecule has 0 unspecified atom stereocenters. The fourth-order valence-corrected chi connectivity index (χ4v) is 3.48. The van der Waals surface area contributed by atoms with Crippen molar-refractivity contribution in [2.24, 2.45) is 0 Å². The highest BCUT2D eigenvalue weighted by Crippen LogP contribution is 2.25. The highest BCUT2D eigenvalue weighted by atomic mass is 79.9. The van der Waals surface area contributed by atoms with Crippen molar-refractivity contribution in [3.8, 4) is 0 Å². The summed E-state index contributed by atoms with van der Waals surface area (Å²) < 4.78 is 4.39. The van der Waals surface area contributed by atoms with Gasteiger partial charge in [-0.2, -0.15) is 10.2 Å². The van der Waals surface area contributed by atoms with Gasteiger partial charge in [0.25, 0.3) is 0 Å². The van der Waals surface area contributed by atoms with Crippen LogP contribution in [0.15, 0.2) is 28.9 Å². The summed E-state index contributed by atoms with van der Waals surface area (Å²) in [7, 11) is 0. The van der Waals surface area contributed by atoms with E-state index in [-0.39, 0.29) is 12.3 Å². The highest BCUT2D eigenvalue weighted by molar-refractivity contribution is 9.10. The molecule has 2 heterocycles. The number of benzene rings is 1. The van der Waals surface area contributed by atoms with Crippen LogP contribution < -0.4 is 5.32 Å². The van der Waals surface area contributed by atoms with Gasteiger partial charge in [0.2, 0.25) is 5.91 Å². The summed E-state index contributed by atoms with van der Waals surface area (Å²) >= 11 is 21.7. The number of carbonyl (C=O) groups excluding carboxylic acids is 1. The normalized spacial score (nSPS) is 11.1. The summed E-state index contributed by atoms with van der Waals surface area (Å²) in [5, 5.41) is 12.8. The Hall–Kier alpha value is -1.54. The number of nitrogens with one attached hydrogen (secondary N) is 1. The Labute approximate surface area is 185 Å². The van der Waals surface area contributed by atoms with Crippen LogP contribution >= 0.6 is 50.7 Å². The van der Waals surface area contributed by atoms with E-state index in [0.717, 1.165) is 21.4 Å². The molecule has 0 radical (unpaired) electrons. The first kappa shape index (κ1) is 21.2. The number of amides is 1. The number of hydrogen-bond acceptors (Lipinski definition) is 3. The monoisotopic (exact) mass is 503 g/mol. The highest BCUT2D eigenvalue weighted by Gasteiger charge is 2.13. The van der Waals surface area contributed by atoms with Crippen LogP contribution in [0, 0.1) is 13.8 Å². The second-order valence-corrected chi connectivity index (χ2v) is 8.29. The molecule has 28 heavy (non-hydrogen) atoms. The SMILES string of the molecule is Cc1nn(CCC(=O)Nc2nn(Cc3ccc(Cl)c(Cl)c3)cc2Cl)c(C)c1Br. The van der Waals surface area contributed by atoms with E-state index in [9.17, 15) is 4.79 Å². The van der Waals surface area contributed by atoms with E-state index in [2.05, 4.69) is 31.4 Å². The van der Waals surface area contributed by atoms with Crippen LogP contribution in [-0.4, -0.2) is 25.5 Å². The van der Waals surface area contributed by atoms with Crippen molar-refractivity contribution < 1.29 is 4.79 Å². The minimum atomic E-state index is -0.189. The molecule has 0 fully saturated rings. The van der Waals surface area contributed by atoms with Crippen LogP contribution in [-0.2, 0) is 17.9 Å². The van der Waals surface area contributed by atoms with E-state index in [1.807, 2.05) is 19.9 Å². The van der Waals surface area contributed by atoms with Gasteiger partial charge in [0.15, 0.2) is 5.82 Å². The van der Waals surface area contributed by atoms with Gasteiger partial charge in [-0.25, -0.2) is 0 Å². The first-order chi connectivity index (χ1) is 13.2. The van der Waals surface area contributed by atoms with Crippen LogP contribution in [0.3, 0.4) is 0 Å². The van der Waals surface area contributed by atoms with Crippen molar-refractivity contribution in [1.82, 2.24) is 19.6 Å². The molecule has 0 aliphatic heterocycles. The summed E-state index contributed by atoms with van der Waals surface area (Å²) in [6, 6.07) is 5.35. The van der Waals surface area contributed by atoms with E-state index in [1.54, 1.807) is 27.7 Å². The summed E-state index contributed by atoms with van der Waals surface area (Å²) in [5.74, 6) is 0.131. The number of halogens is 4. The fourth-order valence-electron chi connectivity index (χ4n) is 2.68. The van der Waals surface area contributed by atoms with Gasteiger partial charge < -0.3 is 5.32 Å². The zero-order valence-electron chi connectivity index (χ0n) is 15.1. The van der Waals surface area contributed by atoms with Crippen molar-refractivity contribution in [2.75, 3.05) is 5.32 Å². The lowest BCUT2D eigenvalue weighted by atomic mass is 10.2. The first-order valence-corrected chi connectivity index (χ1v) is 10.3. The predicted octanol–water partition coefficient (Wildman–Crippen LogP) is 5.50. The molecule has 0 bridgehead atoms. The molecule has 0 saturated heterocycles. The number of anilines is 1. The van der Waals surface area contributed by atoms with Crippen LogP contribution in [0.4, 0.5) is 5.82 Å².